The third-order valence-electron chi connectivity index (χ3n) is 4.68. The number of benzene rings is 1. The molecule has 1 amide bonds. The molecule has 0 atom stereocenters. The maximum absolute atomic E-state index is 13.1. The number of hydrogen-bond donors (Lipinski definition) is 0. The minimum atomic E-state index is -0.755. The SMILES string of the molecule is CC(C)(C)N(OC(=O)CCOc1nsnc1N1CCOCC1)C(=O)c1ccccc1CCl. The Morgan fingerprint density at radius 3 is 2.62 bits per heavy atom. The Labute approximate surface area is 196 Å². The fraction of sp³-hybridized carbons (Fsp3) is 0.524. The quantitative estimate of drug-likeness (QED) is 0.438. The van der Waals surface area contributed by atoms with Crippen molar-refractivity contribution in [1.82, 2.24) is 13.8 Å². The Morgan fingerprint density at radius 2 is 1.94 bits per heavy atom. The first-order chi connectivity index (χ1) is 15.3. The molecule has 1 aromatic carbocycles. The van der Waals surface area contributed by atoms with Crippen LogP contribution in [0.25, 0.3) is 0 Å². The standard InChI is InChI=1S/C21H27ClN4O5S/c1-21(2,3)26(20(28)16-7-5-4-6-15(16)14-22)31-17(27)8-11-30-19-18(23-32-24-19)25-9-12-29-13-10-25/h4-7H,8-14H2,1-3H3. The zero-order chi connectivity index (χ0) is 23.1. The van der Waals surface area contributed by atoms with Crippen molar-refractivity contribution in [2.75, 3.05) is 37.8 Å². The maximum Gasteiger partial charge on any atom is 0.335 e. The summed E-state index contributed by atoms with van der Waals surface area (Å²) in [6.07, 6.45) is -0.0584. The number of rotatable bonds is 7. The summed E-state index contributed by atoms with van der Waals surface area (Å²) in [4.78, 5) is 33.1. The van der Waals surface area contributed by atoms with Crippen molar-refractivity contribution in [2.45, 2.75) is 38.6 Å². The Kier molecular flexibility index (Phi) is 8.27. The summed E-state index contributed by atoms with van der Waals surface area (Å²) in [6, 6.07) is 6.98. The number of carbonyl (C=O) groups excluding carboxylic acids is 2. The maximum atomic E-state index is 13.1. The highest BCUT2D eigenvalue weighted by Crippen LogP contribution is 2.26. The summed E-state index contributed by atoms with van der Waals surface area (Å²) in [5.41, 5.74) is 0.305. The van der Waals surface area contributed by atoms with Crippen LogP contribution in [0.15, 0.2) is 24.3 Å². The second kappa shape index (κ2) is 10.9. The number of hydrogen-bond acceptors (Lipinski definition) is 9. The summed E-state index contributed by atoms with van der Waals surface area (Å²) in [5, 5.41) is 1.09. The monoisotopic (exact) mass is 482 g/mol. The second-order valence-electron chi connectivity index (χ2n) is 8.12. The molecule has 174 valence electrons. The van der Waals surface area contributed by atoms with Gasteiger partial charge in [-0.1, -0.05) is 18.2 Å². The van der Waals surface area contributed by atoms with Gasteiger partial charge in [-0.15, -0.1) is 16.0 Å². The zero-order valence-corrected chi connectivity index (χ0v) is 19.9. The molecule has 1 aliphatic rings. The normalized spacial score (nSPS) is 14.2. The minimum absolute atomic E-state index is 0.0476. The summed E-state index contributed by atoms with van der Waals surface area (Å²) < 4.78 is 19.5. The number of anilines is 1. The predicted molar refractivity (Wildman–Crippen MR) is 121 cm³/mol. The summed E-state index contributed by atoms with van der Waals surface area (Å²) in [6.45, 7) is 8.05. The fourth-order valence-electron chi connectivity index (χ4n) is 3.05. The van der Waals surface area contributed by atoms with E-state index in [1.165, 1.54) is 0 Å². The van der Waals surface area contributed by atoms with Gasteiger partial charge in [-0.05, 0) is 32.4 Å². The van der Waals surface area contributed by atoms with E-state index in [1.54, 1.807) is 45.0 Å². The number of nitrogens with zero attached hydrogens (tertiary/aromatic N) is 4. The van der Waals surface area contributed by atoms with Crippen molar-refractivity contribution in [3.63, 3.8) is 0 Å². The largest absolute Gasteiger partial charge is 0.474 e. The number of halogens is 1. The molecule has 0 aliphatic carbocycles. The van der Waals surface area contributed by atoms with Crippen LogP contribution in [0.2, 0.25) is 0 Å². The van der Waals surface area contributed by atoms with Gasteiger partial charge in [0.25, 0.3) is 11.8 Å². The van der Waals surface area contributed by atoms with E-state index in [1.807, 2.05) is 4.90 Å². The van der Waals surface area contributed by atoms with E-state index in [0.717, 1.165) is 16.8 Å². The summed E-state index contributed by atoms with van der Waals surface area (Å²) >= 11 is 7.02. The third kappa shape index (κ3) is 6.08. The van der Waals surface area contributed by atoms with Crippen molar-refractivity contribution in [1.29, 1.82) is 0 Å². The van der Waals surface area contributed by atoms with Gasteiger partial charge in [-0.2, -0.15) is 9.44 Å². The first-order valence-electron chi connectivity index (χ1n) is 10.3. The molecule has 0 bridgehead atoms. The molecule has 1 aromatic heterocycles. The van der Waals surface area contributed by atoms with Gasteiger partial charge in [0.15, 0.2) is 0 Å². The highest BCUT2D eigenvalue weighted by atomic mass is 35.5. The van der Waals surface area contributed by atoms with Crippen LogP contribution in [-0.4, -0.2) is 64.1 Å². The molecular formula is C21H27ClN4O5S. The van der Waals surface area contributed by atoms with Gasteiger partial charge in [-0.25, -0.2) is 4.79 Å². The van der Waals surface area contributed by atoms with Crippen molar-refractivity contribution in [3.05, 3.63) is 35.4 Å². The fourth-order valence-corrected chi connectivity index (χ4v) is 3.80. The van der Waals surface area contributed by atoms with Crippen LogP contribution >= 0.6 is 23.3 Å². The lowest BCUT2D eigenvalue weighted by atomic mass is 10.0. The number of aromatic nitrogens is 2. The molecule has 2 heterocycles. The van der Waals surface area contributed by atoms with Gasteiger partial charge in [-0.3, -0.25) is 4.79 Å². The van der Waals surface area contributed by atoms with Crippen molar-refractivity contribution in [3.8, 4) is 5.88 Å². The second-order valence-corrected chi connectivity index (χ2v) is 8.91. The lowest BCUT2D eigenvalue weighted by Crippen LogP contribution is -2.47. The van der Waals surface area contributed by atoms with Crippen LogP contribution in [0.3, 0.4) is 0 Å². The molecule has 0 unspecified atom stereocenters. The number of alkyl halides is 1. The third-order valence-corrected chi connectivity index (χ3v) is 5.47. The molecular weight excluding hydrogens is 456 g/mol. The first-order valence-corrected chi connectivity index (χ1v) is 11.5. The smallest absolute Gasteiger partial charge is 0.335 e. The van der Waals surface area contributed by atoms with Crippen molar-refractivity contribution in [2.24, 2.45) is 0 Å². The van der Waals surface area contributed by atoms with Crippen LogP contribution in [-0.2, 0) is 20.2 Å². The molecule has 3 rings (SSSR count). The topological polar surface area (TPSA) is 94.1 Å². The van der Waals surface area contributed by atoms with Crippen LogP contribution in [0, 0.1) is 0 Å². The zero-order valence-electron chi connectivity index (χ0n) is 18.4. The molecule has 1 aliphatic heterocycles. The minimum Gasteiger partial charge on any atom is -0.474 e. The Balaban J connectivity index is 1.60. The molecule has 0 radical (unpaired) electrons. The Hall–Kier alpha value is -2.43. The van der Waals surface area contributed by atoms with E-state index in [2.05, 4.69) is 8.75 Å². The molecule has 0 N–H and O–H groups in total. The van der Waals surface area contributed by atoms with Crippen molar-refractivity contribution < 1.29 is 23.9 Å². The van der Waals surface area contributed by atoms with E-state index >= 15 is 0 Å². The van der Waals surface area contributed by atoms with E-state index < -0.39 is 17.4 Å². The molecule has 1 fully saturated rings. The molecule has 32 heavy (non-hydrogen) atoms. The molecule has 0 spiro atoms. The molecule has 11 heteroatoms. The number of hydroxylamine groups is 2. The average molecular weight is 483 g/mol. The van der Waals surface area contributed by atoms with Crippen LogP contribution in [0.1, 0.15) is 43.1 Å². The molecule has 2 aromatic rings. The van der Waals surface area contributed by atoms with E-state index in [4.69, 9.17) is 25.9 Å². The van der Waals surface area contributed by atoms with Gasteiger partial charge >= 0.3 is 5.97 Å². The Morgan fingerprint density at radius 1 is 1.22 bits per heavy atom. The number of morpholine rings is 1. The van der Waals surface area contributed by atoms with E-state index in [0.29, 0.717) is 49.1 Å². The molecule has 1 saturated heterocycles. The number of ether oxygens (including phenoxy) is 2. The van der Waals surface area contributed by atoms with Crippen LogP contribution in [0.5, 0.6) is 5.88 Å². The van der Waals surface area contributed by atoms with Gasteiger partial charge in [0.2, 0.25) is 5.82 Å². The predicted octanol–water partition coefficient (Wildman–Crippen LogP) is 3.28. The molecule has 0 saturated carbocycles. The lowest BCUT2D eigenvalue weighted by Gasteiger charge is -2.33. The summed E-state index contributed by atoms with van der Waals surface area (Å²) in [7, 11) is 0. The van der Waals surface area contributed by atoms with Gasteiger partial charge < -0.3 is 19.2 Å². The van der Waals surface area contributed by atoms with Gasteiger partial charge in [0, 0.05) is 24.5 Å². The van der Waals surface area contributed by atoms with Crippen molar-refractivity contribution >= 4 is 41.0 Å². The Bertz CT molecular complexity index is 927. The average Bonchev–Trinajstić information content (AvgIpc) is 3.25. The van der Waals surface area contributed by atoms with E-state index in [-0.39, 0.29) is 18.9 Å². The van der Waals surface area contributed by atoms with Gasteiger partial charge in [0.1, 0.15) is 6.61 Å². The number of amides is 1. The van der Waals surface area contributed by atoms with Crippen LogP contribution < -0.4 is 9.64 Å². The van der Waals surface area contributed by atoms with Gasteiger partial charge in [0.05, 0.1) is 36.9 Å². The lowest BCUT2D eigenvalue weighted by molar-refractivity contribution is -0.195. The first kappa shape index (κ1) is 24.2. The molecule has 9 nitrogen and oxygen atoms in total. The number of carbonyl (C=O) groups is 2. The highest BCUT2D eigenvalue weighted by Gasteiger charge is 2.32. The highest BCUT2D eigenvalue weighted by molar-refractivity contribution is 6.99. The summed E-state index contributed by atoms with van der Waals surface area (Å²) in [5.74, 6) is 0.184. The van der Waals surface area contributed by atoms with Crippen LogP contribution in [0.4, 0.5) is 5.82 Å². The van der Waals surface area contributed by atoms with E-state index in [9.17, 15) is 9.59 Å².